The summed E-state index contributed by atoms with van der Waals surface area (Å²) in [5.74, 6) is -0.300. The van der Waals surface area contributed by atoms with Crippen LogP contribution in [0.25, 0.3) is 0 Å². The van der Waals surface area contributed by atoms with E-state index >= 15 is 0 Å². The van der Waals surface area contributed by atoms with Crippen molar-refractivity contribution < 1.29 is 40.3 Å². The molecule has 0 amide bonds. The van der Waals surface area contributed by atoms with Crippen LogP contribution < -0.4 is 14.8 Å². The third-order valence-corrected chi connectivity index (χ3v) is 6.50. The van der Waals surface area contributed by atoms with Crippen LogP contribution >= 0.6 is 0 Å². The summed E-state index contributed by atoms with van der Waals surface area (Å²) in [4.78, 5) is 0. The van der Waals surface area contributed by atoms with E-state index in [0.29, 0.717) is 29.1 Å². The molecule has 3 aromatic carbocycles. The van der Waals surface area contributed by atoms with Gasteiger partial charge in [-0.1, -0.05) is 59.8 Å². The van der Waals surface area contributed by atoms with E-state index in [1.807, 2.05) is 30.3 Å². The molecule has 0 unspecified atom stereocenters. The van der Waals surface area contributed by atoms with Crippen molar-refractivity contribution >= 4 is 0 Å². The SMILES string of the molecule is Cc1noc(C)c1CNCC(Cc1ccccc1)(c1cccc(OC(F)(F)F)c1)c1cccc(OC(F)(F)F)c1. The van der Waals surface area contributed by atoms with Gasteiger partial charge >= 0.3 is 12.7 Å². The minimum atomic E-state index is -4.93. The van der Waals surface area contributed by atoms with Gasteiger partial charge in [0.1, 0.15) is 17.3 Å². The zero-order valence-corrected chi connectivity index (χ0v) is 21.6. The predicted molar refractivity (Wildman–Crippen MR) is 135 cm³/mol. The largest absolute Gasteiger partial charge is 0.573 e. The number of aromatic nitrogens is 1. The Balaban J connectivity index is 1.86. The fraction of sp³-hybridized carbons (Fsp3) is 0.276. The van der Waals surface area contributed by atoms with Crippen LogP contribution in [0.4, 0.5) is 26.3 Å². The second kappa shape index (κ2) is 11.6. The summed E-state index contributed by atoms with van der Waals surface area (Å²) < 4.78 is 92.3. The van der Waals surface area contributed by atoms with E-state index in [-0.39, 0.29) is 13.0 Å². The molecule has 1 N–H and O–H groups in total. The smallest absolute Gasteiger partial charge is 0.406 e. The minimum absolute atomic E-state index is 0.122. The molecule has 212 valence electrons. The van der Waals surface area contributed by atoms with Gasteiger partial charge in [0, 0.05) is 24.1 Å². The van der Waals surface area contributed by atoms with Crippen molar-refractivity contribution in [2.24, 2.45) is 0 Å². The summed E-state index contributed by atoms with van der Waals surface area (Å²) in [7, 11) is 0. The maximum absolute atomic E-state index is 13.1. The lowest BCUT2D eigenvalue weighted by Crippen LogP contribution is -2.41. The molecule has 1 heterocycles. The molecule has 0 aliphatic carbocycles. The molecule has 0 fully saturated rings. The first-order valence-corrected chi connectivity index (χ1v) is 12.2. The molecule has 0 aliphatic rings. The van der Waals surface area contributed by atoms with Crippen LogP contribution in [0.1, 0.15) is 33.7 Å². The number of ether oxygens (including phenoxy) is 2. The molecule has 5 nitrogen and oxygen atoms in total. The van der Waals surface area contributed by atoms with E-state index in [1.165, 1.54) is 36.4 Å². The summed E-state index contributed by atoms with van der Waals surface area (Å²) in [5, 5.41) is 7.28. The van der Waals surface area contributed by atoms with Gasteiger partial charge in [-0.15, -0.1) is 26.3 Å². The third kappa shape index (κ3) is 7.35. The number of nitrogens with one attached hydrogen (secondary N) is 1. The molecule has 4 rings (SSSR count). The number of benzene rings is 3. The molecule has 0 aliphatic heterocycles. The average Bonchev–Trinajstić information content (AvgIpc) is 3.19. The van der Waals surface area contributed by atoms with Crippen LogP contribution in [0.3, 0.4) is 0 Å². The Bertz CT molecular complexity index is 1340. The zero-order chi connectivity index (χ0) is 29.0. The van der Waals surface area contributed by atoms with Gasteiger partial charge in [-0.3, -0.25) is 0 Å². The highest BCUT2D eigenvalue weighted by atomic mass is 19.4. The molecule has 0 atom stereocenters. The Morgan fingerprint density at radius 1 is 0.750 bits per heavy atom. The molecule has 11 heteroatoms. The van der Waals surface area contributed by atoms with E-state index in [0.717, 1.165) is 11.1 Å². The van der Waals surface area contributed by atoms with Crippen molar-refractivity contribution in [2.75, 3.05) is 6.54 Å². The van der Waals surface area contributed by atoms with Gasteiger partial charge in [-0.05, 0) is 61.2 Å². The standard InChI is InChI=1S/C29H26F6N2O3/c1-19-26(20(2)40-37-19)17-36-18-27(16-21-8-4-3-5-9-21,22-10-6-12-24(14-22)38-28(30,31)32)23-11-7-13-25(15-23)39-29(33,34)35/h3-15,36H,16-18H2,1-2H3. The monoisotopic (exact) mass is 564 g/mol. The molecule has 0 saturated carbocycles. The Hall–Kier alpha value is -3.99. The first-order valence-electron chi connectivity index (χ1n) is 12.2. The lowest BCUT2D eigenvalue weighted by Gasteiger charge is -2.36. The van der Waals surface area contributed by atoms with Crippen molar-refractivity contribution in [1.29, 1.82) is 0 Å². The molecular formula is C29H26F6N2O3. The lowest BCUT2D eigenvalue weighted by atomic mass is 9.70. The molecule has 0 saturated heterocycles. The molecule has 0 bridgehead atoms. The van der Waals surface area contributed by atoms with Gasteiger partial charge in [-0.2, -0.15) is 0 Å². The minimum Gasteiger partial charge on any atom is -0.406 e. The van der Waals surface area contributed by atoms with E-state index in [9.17, 15) is 26.3 Å². The number of hydrogen-bond donors (Lipinski definition) is 1. The summed E-state index contributed by atoms with van der Waals surface area (Å²) in [5.41, 5.74) is 1.92. The average molecular weight is 565 g/mol. The van der Waals surface area contributed by atoms with Crippen LogP contribution in [-0.2, 0) is 18.4 Å². The van der Waals surface area contributed by atoms with Crippen LogP contribution in [-0.4, -0.2) is 24.4 Å². The predicted octanol–water partition coefficient (Wildman–Crippen LogP) is 7.41. The summed E-state index contributed by atoms with van der Waals surface area (Å²) >= 11 is 0. The normalized spacial score (nSPS) is 12.4. The Morgan fingerprint density at radius 3 is 1.77 bits per heavy atom. The van der Waals surface area contributed by atoms with Gasteiger partial charge in [-0.25, -0.2) is 0 Å². The Labute approximate surface area is 226 Å². The topological polar surface area (TPSA) is 56.5 Å². The van der Waals surface area contributed by atoms with Crippen molar-refractivity contribution in [2.45, 2.75) is 45.0 Å². The van der Waals surface area contributed by atoms with Crippen LogP contribution in [0, 0.1) is 13.8 Å². The molecule has 40 heavy (non-hydrogen) atoms. The maximum Gasteiger partial charge on any atom is 0.573 e. The van der Waals surface area contributed by atoms with Crippen molar-refractivity contribution in [3.63, 3.8) is 0 Å². The van der Waals surface area contributed by atoms with Crippen molar-refractivity contribution in [3.05, 3.63) is 113 Å². The second-order valence-electron chi connectivity index (χ2n) is 9.30. The third-order valence-electron chi connectivity index (χ3n) is 6.50. The van der Waals surface area contributed by atoms with Gasteiger partial charge in [0.15, 0.2) is 0 Å². The molecule has 0 radical (unpaired) electrons. The summed E-state index contributed by atoms with van der Waals surface area (Å²) in [6.45, 7) is 3.96. The van der Waals surface area contributed by atoms with Crippen LogP contribution in [0.15, 0.2) is 83.4 Å². The first kappa shape index (κ1) is 29.0. The van der Waals surface area contributed by atoms with E-state index in [4.69, 9.17) is 4.52 Å². The number of alkyl halides is 6. The van der Waals surface area contributed by atoms with E-state index < -0.39 is 29.6 Å². The highest BCUT2D eigenvalue weighted by molar-refractivity contribution is 5.47. The maximum atomic E-state index is 13.1. The van der Waals surface area contributed by atoms with Crippen molar-refractivity contribution in [3.8, 4) is 11.5 Å². The quantitative estimate of drug-likeness (QED) is 0.203. The number of hydrogen-bond acceptors (Lipinski definition) is 5. The van der Waals surface area contributed by atoms with Crippen LogP contribution in [0.2, 0.25) is 0 Å². The first-order chi connectivity index (χ1) is 18.8. The van der Waals surface area contributed by atoms with Crippen molar-refractivity contribution in [1.82, 2.24) is 10.5 Å². The highest BCUT2D eigenvalue weighted by Gasteiger charge is 2.38. The summed E-state index contributed by atoms with van der Waals surface area (Å²) in [6.07, 6.45) is -9.63. The lowest BCUT2D eigenvalue weighted by molar-refractivity contribution is -0.275. The molecule has 1 aromatic heterocycles. The van der Waals surface area contributed by atoms with Gasteiger partial charge in [0.05, 0.1) is 5.69 Å². The number of rotatable bonds is 10. The van der Waals surface area contributed by atoms with Gasteiger partial charge < -0.3 is 19.3 Å². The van der Waals surface area contributed by atoms with E-state index in [2.05, 4.69) is 19.9 Å². The highest BCUT2D eigenvalue weighted by Crippen LogP contribution is 2.40. The summed E-state index contributed by atoms with van der Waals surface area (Å²) in [6, 6.07) is 20.1. The Kier molecular flexibility index (Phi) is 8.43. The fourth-order valence-corrected chi connectivity index (χ4v) is 4.72. The Morgan fingerprint density at radius 2 is 1.30 bits per heavy atom. The zero-order valence-electron chi connectivity index (χ0n) is 21.6. The van der Waals surface area contributed by atoms with Crippen LogP contribution in [0.5, 0.6) is 11.5 Å². The molecular weight excluding hydrogens is 538 g/mol. The molecule has 0 spiro atoms. The number of nitrogens with zero attached hydrogens (tertiary/aromatic N) is 1. The second-order valence-corrected chi connectivity index (χ2v) is 9.30. The van der Waals surface area contributed by atoms with E-state index in [1.54, 1.807) is 26.0 Å². The number of aryl methyl sites for hydroxylation is 2. The number of halogens is 6. The van der Waals surface area contributed by atoms with Gasteiger partial charge in [0.2, 0.25) is 0 Å². The van der Waals surface area contributed by atoms with Gasteiger partial charge in [0.25, 0.3) is 0 Å². The molecule has 4 aromatic rings. The fourth-order valence-electron chi connectivity index (χ4n) is 4.72.